The molecule has 1 N–H and O–H groups in total. The van der Waals surface area contributed by atoms with Gasteiger partial charge in [-0.25, -0.2) is 14.5 Å². The lowest BCUT2D eigenvalue weighted by Crippen LogP contribution is -2.08. The smallest absolute Gasteiger partial charge is 0.358 e. The topological polar surface area (TPSA) is 77.2 Å². The fourth-order valence-electron chi connectivity index (χ4n) is 3.12. The van der Waals surface area contributed by atoms with E-state index in [-0.39, 0.29) is 18.1 Å². The van der Waals surface area contributed by atoms with Crippen molar-refractivity contribution in [2.24, 2.45) is 0 Å². The molecule has 29 heavy (non-hydrogen) atoms. The second-order valence-corrected chi connectivity index (χ2v) is 6.56. The van der Waals surface area contributed by atoms with Crippen molar-refractivity contribution in [3.05, 3.63) is 96.1 Å². The highest BCUT2D eigenvalue weighted by Gasteiger charge is 2.20. The van der Waals surface area contributed by atoms with Crippen molar-refractivity contribution in [1.29, 1.82) is 0 Å². The van der Waals surface area contributed by atoms with Gasteiger partial charge in [0.05, 0.1) is 11.9 Å². The molecule has 4 aromatic rings. The van der Waals surface area contributed by atoms with Crippen molar-refractivity contribution in [1.82, 2.24) is 14.8 Å². The highest BCUT2D eigenvalue weighted by atomic mass is 16.5. The minimum atomic E-state index is -1.12. The number of carboxylic acid groups (broad SMARTS) is 1. The van der Waals surface area contributed by atoms with E-state index in [1.54, 1.807) is 17.1 Å². The summed E-state index contributed by atoms with van der Waals surface area (Å²) in [6.45, 7) is 2.10. The molecule has 0 saturated heterocycles. The second-order valence-electron chi connectivity index (χ2n) is 6.56. The van der Waals surface area contributed by atoms with E-state index < -0.39 is 5.97 Å². The first kappa shape index (κ1) is 18.4. The second kappa shape index (κ2) is 7.98. The summed E-state index contributed by atoms with van der Waals surface area (Å²) in [5, 5.41) is 14.0. The molecule has 0 spiro atoms. The van der Waals surface area contributed by atoms with Crippen molar-refractivity contribution < 1.29 is 14.6 Å². The van der Waals surface area contributed by atoms with Crippen LogP contribution in [-0.4, -0.2) is 25.8 Å². The average Bonchev–Trinajstić information content (AvgIpc) is 3.24. The number of ether oxygens (including phenoxy) is 1. The van der Waals surface area contributed by atoms with Gasteiger partial charge >= 0.3 is 5.97 Å². The number of carboxylic acids is 1. The number of benzene rings is 2. The van der Waals surface area contributed by atoms with E-state index in [9.17, 15) is 9.90 Å². The molecule has 0 fully saturated rings. The number of hydrogen-bond donors (Lipinski definition) is 1. The normalized spacial score (nSPS) is 10.7. The Balaban J connectivity index is 1.70. The first-order chi connectivity index (χ1) is 14.1. The van der Waals surface area contributed by atoms with Crippen molar-refractivity contribution in [3.8, 4) is 22.6 Å². The standard InChI is InChI=1S/C23H19N3O3/c1-16-20(18-12-25-26(14-18)19-10-6-3-7-11-19)13-24-21(23(27)28)22(16)29-15-17-8-4-2-5-9-17/h2-14H,15H2,1H3,(H,27,28). The van der Waals surface area contributed by atoms with Crippen LogP contribution in [0.1, 0.15) is 21.6 Å². The van der Waals surface area contributed by atoms with Crippen LogP contribution in [0.15, 0.2) is 79.3 Å². The quantitative estimate of drug-likeness (QED) is 0.528. The number of nitrogens with zero attached hydrogens (tertiary/aromatic N) is 3. The van der Waals surface area contributed by atoms with Gasteiger partial charge < -0.3 is 9.84 Å². The fraction of sp³-hybridized carbons (Fsp3) is 0.0870. The van der Waals surface area contributed by atoms with Gasteiger partial charge in [-0.2, -0.15) is 5.10 Å². The number of rotatable bonds is 6. The summed E-state index contributed by atoms with van der Waals surface area (Å²) in [7, 11) is 0. The van der Waals surface area contributed by atoms with Crippen LogP contribution in [0.5, 0.6) is 5.75 Å². The first-order valence-corrected chi connectivity index (χ1v) is 9.13. The summed E-state index contributed by atoms with van der Waals surface area (Å²) in [6.07, 6.45) is 5.18. The molecule has 144 valence electrons. The van der Waals surface area contributed by atoms with E-state index in [0.29, 0.717) is 5.56 Å². The molecule has 0 amide bonds. The monoisotopic (exact) mass is 385 g/mol. The Bertz CT molecular complexity index is 1140. The molecule has 2 aromatic carbocycles. The molecule has 0 aliphatic carbocycles. The van der Waals surface area contributed by atoms with Crippen LogP contribution in [-0.2, 0) is 6.61 Å². The number of para-hydroxylation sites is 1. The molecule has 6 nitrogen and oxygen atoms in total. The molecule has 0 atom stereocenters. The van der Waals surface area contributed by atoms with Gasteiger partial charge in [-0.15, -0.1) is 0 Å². The van der Waals surface area contributed by atoms with Crippen LogP contribution in [0.4, 0.5) is 0 Å². The van der Waals surface area contributed by atoms with E-state index >= 15 is 0 Å². The number of pyridine rings is 1. The molecule has 0 aliphatic heterocycles. The van der Waals surface area contributed by atoms with E-state index in [1.165, 1.54) is 0 Å². The lowest BCUT2D eigenvalue weighted by atomic mass is 10.0. The Morgan fingerprint density at radius 1 is 1.03 bits per heavy atom. The molecule has 4 rings (SSSR count). The molecular weight excluding hydrogens is 366 g/mol. The van der Waals surface area contributed by atoms with Gasteiger partial charge in [0.15, 0.2) is 11.4 Å². The summed E-state index contributed by atoms with van der Waals surface area (Å²) in [5.41, 5.74) is 4.11. The van der Waals surface area contributed by atoms with Gasteiger partial charge in [0.1, 0.15) is 6.61 Å². The largest absolute Gasteiger partial charge is 0.486 e. The Hall–Kier alpha value is -3.93. The molecule has 0 unspecified atom stereocenters. The number of aromatic carboxylic acids is 1. The summed E-state index contributed by atoms with van der Waals surface area (Å²) >= 11 is 0. The lowest BCUT2D eigenvalue weighted by Gasteiger charge is -2.14. The summed E-state index contributed by atoms with van der Waals surface area (Å²) in [6, 6.07) is 19.4. The Labute approximate surface area is 168 Å². The average molecular weight is 385 g/mol. The van der Waals surface area contributed by atoms with Gasteiger partial charge in [0.2, 0.25) is 0 Å². The predicted molar refractivity (Wildman–Crippen MR) is 109 cm³/mol. The molecule has 0 saturated carbocycles. The zero-order valence-corrected chi connectivity index (χ0v) is 15.8. The molecule has 0 bridgehead atoms. The zero-order valence-electron chi connectivity index (χ0n) is 15.8. The number of hydrogen-bond acceptors (Lipinski definition) is 4. The Morgan fingerprint density at radius 3 is 2.41 bits per heavy atom. The fourth-order valence-corrected chi connectivity index (χ4v) is 3.12. The maximum Gasteiger partial charge on any atom is 0.358 e. The summed E-state index contributed by atoms with van der Waals surface area (Å²) in [4.78, 5) is 15.8. The lowest BCUT2D eigenvalue weighted by molar-refractivity contribution is 0.0684. The van der Waals surface area contributed by atoms with Crippen LogP contribution in [0, 0.1) is 6.92 Å². The Kier molecular flexibility index (Phi) is 5.07. The minimum absolute atomic E-state index is 0.0994. The highest BCUT2D eigenvalue weighted by Crippen LogP contribution is 2.32. The SMILES string of the molecule is Cc1c(-c2cnn(-c3ccccc3)c2)cnc(C(=O)O)c1OCc1ccccc1. The molecule has 0 aliphatic rings. The summed E-state index contributed by atoms with van der Waals surface area (Å²) < 4.78 is 7.67. The maximum absolute atomic E-state index is 11.7. The van der Waals surface area contributed by atoms with Gasteiger partial charge in [0, 0.05) is 29.1 Å². The van der Waals surface area contributed by atoms with Crippen molar-refractivity contribution in [2.45, 2.75) is 13.5 Å². The van der Waals surface area contributed by atoms with Gasteiger partial charge in [-0.3, -0.25) is 0 Å². The molecule has 6 heteroatoms. The zero-order chi connectivity index (χ0) is 20.2. The molecular formula is C23H19N3O3. The van der Waals surface area contributed by atoms with Crippen molar-refractivity contribution >= 4 is 5.97 Å². The van der Waals surface area contributed by atoms with E-state index in [2.05, 4.69) is 10.1 Å². The highest BCUT2D eigenvalue weighted by molar-refractivity contribution is 5.90. The predicted octanol–water partition coefficient (Wildman–Crippen LogP) is 4.52. The Morgan fingerprint density at radius 2 is 1.72 bits per heavy atom. The number of aromatic nitrogens is 3. The van der Waals surface area contributed by atoms with Gasteiger partial charge in [-0.05, 0) is 24.6 Å². The summed E-state index contributed by atoms with van der Waals surface area (Å²) in [5.74, 6) is -0.853. The number of carbonyl (C=O) groups is 1. The van der Waals surface area contributed by atoms with E-state index in [4.69, 9.17) is 4.74 Å². The van der Waals surface area contributed by atoms with Crippen LogP contribution >= 0.6 is 0 Å². The third-order valence-electron chi connectivity index (χ3n) is 4.63. The third-order valence-corrected chi connectivity index (χ3v) is 4.63. The van der Waals surface area contributed by atoms with Crippen LogP contribution < -0.4 is 4.74 Å². The van der Waals surface area contributed by atoms with Crippen LogP contribution in [0.2, 0.25) is 0 Å². The van der Waals surface area contributed by atoms with Crippen LogP contribution in [0.25, 0.3) is 16.8 Å². The van der Waals surface area contributed by atoms with Gasteiger partial charge in [0.25, 0.3) is 0 Å². The van der Waals surface area contributed by atoms with E-state index in [1.807, 2.05) is 73.8 Å². The van der Waals surface area contributed by atoms with Gasteiger partial charge in [-0.1, -0.05) is 48.5 Å². The third kappa shape index (κ3) is 3.87. The molecule has 2 aromatic heterocycles. The molecule has 0 radical (unpaired) electrons. The minimum Gasteiger partial charge on any atom is -0.486 e. The maximum atomic E-state index is 11.7. The first-order valence-electron chi connectivity index (χ1n) is 9.13. The van der Waals surface area contributed by atoms with Crippen molar-refractivity contribution in [2.75, 3.05) is 0 Å². The van der Waals surface area contributed by atoms with Crippen LogP contribution in [0.3, 0.4) is 0 Å². The van der Waals surface area contributed by atoms with E-state index in [0.717, 1.165) is 22.4 Å². The van der Waals surface area contributed by atoms with Crippen molar-refractivity contribution in [3.63, 3.8) is 0 Å². The molecule has 2 heterocycles.